The van der Waals surface area contributed by atoms with E-state index in [0.29, 0.717) is 10.6 Å². The number of ether oxygens (including phenoxy) is 1. The van der Waals surface area contributed by atoms with Gasteiger partial charge in [-0.05, 0) is 30.2 Å². The van der Waals surface area contributed by atoms with E-state index >= 15 is 0 Å². The van der Waals surface area contributed by atoms with Gasteiger partial charge in [0.25, 0.3) is 6.43 Å². The van der Waals surface area contributed by atoms with Crippen LogP contribution in [0.2, 0.25) is 5.02 Å². The van der Waals surface area contributed by atoms with Crippen molar-refractivity contribution in [1.82, 2.24) is 0 Å². The van der Waals surface area contributed by atoms with Gasteiger partial charge in [-0.25, -0.2) is 13.2 Å². The lowest BCUT2D eigenvalue weighted by atomic mass is 10.1. The van der Waals surface area contributed by atoms with Gasteiger partial charge in [-0.3, -0.25) is 0 Å². The molecule has 0 radical (unpaired) electrons. The number of alkyl halides is 2. The molecule has 102 valence electrons. The number of halogens is 4. The van der Waals surface area contributed by atoms with Gasteiger partial charge in [0.05, 0.1) is 6.10 Å². The zero-order valence-corrected chi connectivity index (χ0v) is 10.3. The fourth-order valence-electron chi connectivity index (χ4n) is 1.45. The van der Waals surface area contributed by atoms with Crippen LogP contribution in [-0.2, 0) is 11.2 Å². The molecule has 1 atom stereocenters. The molecule has 0 aliphatic carbocycles. The van der Waals surface area contributed by atoms with Crippen molar-refractivity contribution in [3.63, 3.8) is 0 Å². The van der Waals surface area contributed by atoms with Gasteiger partial charge in [0, 0.05) is 18.1 Å². The average Bonchev–Trinajstić information content (AvgIpc) is 2.29. The van der Waals surface area contributed by atoms with Crippen LogP contribution < -0.4 is 0 Å². The number of benzene rings is 1. The van der Waals surface area contributed by atoms with Gasteiger partial charge >= 0.3 is 0 Å². The Balaban J connectivity index is 2.35. The van der Waals surface area contributed by atoms with Gasteiger partial charge < -0.3 is 9.84 Å². The van der Waals surface area contributed by atoms with E-state index in [1.165, 1.54) is 18.2 Å². The van der Waals surface area contributed by atoms with Gasteiger partial charge in [0.15, 0.2) is 0 Å². The summed E-state index contributed by atoms with van der Waals surface area (Å²) < 4.78 is 41.1. The molecule has 0 aliphatic rings. The molecular weight excluding hydrogens is 269 g/mol. The molecule has 0 spiro atoms. The highest BCUT2D eigenvalue weighted by Crippen LogP contribution is 2.19. The van der Waals surface area contributed by atoms with Gasteiger partial charge in [0.2, 0.25) is 0 Å². The third kappa shape index (κ3) is 5.71. The topological polar surface area (TPSA) is 29.5 Å². The predicted molar refractivity (Wildman–Crippen MR) is 62.6 cm³/mol. The van der Waals surface area contributed by atoms with E-state index in [-0.39, 0.29) is 19.4 Å². The van der Waals surface area contributed by atoms with Crippen molar-refractivity contribution >= 4 is 11.6 Å². The summed E-state index contributed by atoms with van der Waals surface area (Å²) in [6.07, 6.45) is -2.96. The zero-order chi connectivity index (χ0) is 13.5. The first kappa shape index (κ1) is 15.3. The molecule has 0 aliphatic heterocycles. The molecule has 1 unspecified atom stereocenters. The van der Waals surface area contributed by atoms with Crippen LogP contribution in [0, 0.1) is 5.82 Å². The van der Waals surface area contributed by atoms with Gasteiger partial charge in [-0.1, -0.05) is 11.6 Å². The van der Waals surface area contributed by atoms with E-state index in [4.69, 9.17) is 11.6 Å². The highest BCUT2D eigenvalue weighted by molar-refractivity contribution is 6.31. The second kappa shape index (κ2) is 7.61. The second-order valence-corrected chi connectivity index (χ2v) is 4.26. The monoisotopic (exact) mass is 282 g/mol. The maximum atomic E-state index is 12.9. The van der Waals surface area contributed by atoms with E-state index in [2.05, 4.69) is 4.74 Å². The van der Waals surface area contributed by atoms with Crippen molar-refractivity contribution in [1.29, 1.82) is 0 Å². The molecule has 1 aromatic rings. The first-order valence-corrected chi connectivity index (χ1v) is 5.84. The van der Waals surface area contributed by atoms with Crippen molar-refractivity contribution in [2.45, 2.75) is 25.4 Å². The Labute approximate surface area is 108 Å². The fourth-order valence-corrected chi connectivity index (χ4v) is 1.64. The highest BCUT2D eigenvalue weighted by atomic mass is 35.5. The lowest BCUT2D eigenvalue weighted by molar-refractivity contribution is 0.00512. The van der Waals surface area contributed by atoms with Crippen LogP contribution in [-0.4, -0.2) is 30.8 Å². The Bertz CT molecular complexity index is 374. The molecule has 1 N–H and O–H groups in total. The third-order valence-electron chi connectivity index (χ3n) is 2.30. The SMILES string of the molecule is OC(CCOCC(F)F)Cc1cc(F)ccc1Cl. The molecular formula is C12H14ClF3O2. The number of hydrogen-bond acceptors (Lipinski definition) is 2. The maximum Gasteiger partial charge on any atom is 0.261 e. The Kier molecular flexibility index (Phi) is 6.46. The van der Waals surface area contributed by atoms with Crippen LogP contribution in [0.5, 0.6) is 0 Å². The van der Waals surface area contributed by atoms with Crippen molar-refractivity contribution in [2.75, 3.05) is 13.2 Å². The normalized spacial score (nSPS) is 13.0. The van der Waals surface area contributed by atoms with Gasteiger partial charge in [0.1, 0.15) is 12.4 Å². The van der Waals surface area contributed by atoms with Gasteiger partial charge in [-0.2, -0.15) is 0 Å². The van der Waals surface area contributed by atoms with Gasteiger partial charge in [-0.15, -0.1) is 0 Å². The van der Waals surface area contributed by atoms with Crippen LogP contribution in [0.3, 0.4) is 0 Å². The van der Waals surface area contributed by atoms with Crippen molar-refractivity contribution in [3.8, 4) is 0 Å². The summed E-state index contributed by atoms with van der Waals surface area (Å²) in [6.45, 7) is -0.619. The summed E-state index contributed by atoms with van der Waals surface area (Å²) in [5.41, 5.74) is 0.484. The summed E-state index contributed by atoms with van der Waals surface area (Å²) >= 11 is 5.83. The Morgan fingerprint density at radius 3 is 2.72 bits per heavy atom. The van der Waals surface area contributed by atoms with Crippen LogP contribution in [0.25, 0.3) is 0 Å². The minimum atomic E-state index is -2.51. The largest absolute Gasteiger partial charge is 0.393 e. The van der Waals surface area contributed by atoms with E-state index in [1.54, 1.807) is 0 Å². The van der Waals surface area contributed by atoms with Crippen LogP contribution in [0.4, 0.5) is 13.2 Å². The van der Waals surface area contributed by atoms with Crippen LogP contribution in [0.1, 0.15) is 12.0 Å². The quantitative estimate of drug-likeness (QED) is 0.779. The summed E-state index contributed by atoms with van der Waals surface area (Å²) in [7, 11) is 0. The summed E-state index contributed by atoms with van der Waals surface area (Å²) in [4.78, 5) is 0. The number of aliphatic hydroxyl groups excluding tert-OH is 1. The molecule has 2 nitrogen and oxygen atoms in total. The zero-order valence-electron chi connectivity index (χ0n) is 9.58. The first-order valence-electron chi connectivity index (χ1n) is 5.47. The molecule has 0 amide bonds. The lowest BCUT2D eigenvalue weighted by Crippen LogP contribution is -2.15. The van der Waals surface area contributed by atoms with E-state index < -0.39 is 25.0 Å². The molecule has 0 saturated carbocycles. The van der Waals surface area contributed by atoms with Crippen LogP contribution in [0.15, 0.2) is 18.2 Å². The molecule has 0 heterocycles. The molecule has 6 heteroatoms. The fraction of sp³-hybridized carbons (Fsp3) is 0.500. The predicted octanol–water partition coefficient (Wildman–Crippen LogP) is 3.05. The Hall–Kier alpha value is -0.780. The smallest absolute Gasteiger partial charge is 0.261 e. The summed E-state index contributed by atoms with van der Waals surface area (Å²) in [5.74, 6) is -0.435. The van der Waals surface area contributed by atoms with E-state index in [0.717, 1.165) is 0 Å². The molecule has 0 saturated heterocycles. The maximum absolute atomic E-state index is 12.9. The number of aliphatic hydroxyl groups is 1. The number of hydrogen-bond donors (Lipinski definition) is 1. The Morgan fingerprint density at radius 2 is 2.06 bits per heavy atom. The molecule has 1 rings (SSSR count). The number of rotatable bonds is 7. The lowest BCUT2D eigenvalue weighted by Gasteiger charge is -2.12. The first-order chi connectivity index (χ1) is 8.49. The third-order valence-corrected chi connectivity index (χ3v) is 2.67. The van der Waals surface area contributed by atoms with Crippen molar-refractivity contribution in [2.24, 2.45) is 0 Å². The molecule has 0 fully saturated rings. The molecule has 0 aromatic heterocycles. The second-order valence-electron chi connectivity index (χ2n) is 3.85. The Morgan fingerprint density at radius 1 is 1.33 bits per heavy atom. The summed E-state index contributed by atoms with van der Waals surface area (Å²) in [5, 5.41) is 10.00. The standard InChI is InChI=1S/C12H14ClF3O2/c13-11-2-1-9(14)5-8(11)6-10(17)3-4-18-7-12(15)16/h1-2,5,10,12,17H,3-4,6-7H2. The van der Waals surface area contributed by atoms with E-state index in [9.17, 15) is 18.3 Å². The minimum absolute atomic E-state index is 0.0262. The van der Waals surface area contributed by atoms with Crippen molar-refractivity contribution in [3.05, 3.63) is 34.6 Å². The van der Waals surface area contributed by atoms with Crippen molar-refractivity contribution < 1.29 is 23.0 Å². The minimum Gasteiger partial charge on any atom is -0.393 e. The average molecular weight is 283 g/mol. The van der Waals surface area contributed by atoms with E-state index in [1.807, 2.05) is 0 Å². The molecule has 1 aromatic carbocycles. The van der Waals surface area contributed by atoms with Crippen LogP contribution >= 0.6 is 11.6 Å². The summed E-state index contributed by atoms with van der Waals surface area (Å²) in [6, 6.07) is 3.88. The molecule has 18 heavy (non-hydrogen) atoms. The molecule has 0 bridgehead atoms. The highest BCUT2D eigenvalue weighted by Gasteiger charge is 2.10.